The summed E-state index contributed by atoms with van der Waals surface area (Å²) >= 11 is 0. The third-order valence-electron chi connectivity index (χ3n) is 3.74. The molecule has 6 nitrogen and oxygen atoms in total. The first-order valence-corrected chi connectivity index (χ1v) is 7.83. The number of ether oxygens (including phenoxy) is 1. The van der Waals surface area contributed by atoms with Crippen LogP contribution in [0.4, 0.5) is 5.82 Å². The topological polar surface area (TPSA) is 79.9 Å². The molecule has 0 aliphatic heterocycles. The van der Waals surface area contributed by atoms with Gasteiger partial charge in [-0.3, -0.25) is 9.78 Å². The van der Waals surface area contributed by atoms with Crippen molar-refractivity contribution in [3.05, 3.63) is 64.0 Å². The SMILES string of the molecule is COCCNc1nc(Cc2cc(C)ccn2)cc2cc[nH]c(=O)c12. The zero-order valence-corrected chi connectivity index (χ0v) is 13.8. The summed E-state index contributed by atoms with van der Waals surface area (Å²) in [6.07, 6.45) is 4.07. The van der Waals surface area contributed by atoms with Crippen molar-refractivity contribution in [3.63, 3.8) is 0 Å². The van der Waals surface area contributed by atoms with Gasteiger partial charge in [-0.2, -0.15) is 0 Å². The largest absolute Gasteiger partial charge is 0.383 e. The van der Waals surface area contributed by atoms with Gasteiger partial charge in [0.25, 0.3) is 5.56 Å². The molecule has 6 heteroatoms. The Labute approximate surface area is 139 Å². The number of rotatable bonds is 6. The molecule has 0 spiro atoms. The number of hydrogen-bond acceptors (Lipinski definition) is 5. The van der Waals surface area contributed by atoms with Gasteiger partial charge in [0.2, 0.25) is 0 Å². The summed E-state index contributed by atoms with van der Waals surface area (Å²) in [7, 11) is 1.64. The zero-order valence-electron chi connectivity index (χ0n) is 13.8. The normalized spacial score (nSPS) is 10.9. The van der Waals surface area contributed by atoms with Crippen LogP contribution in [0.15, 0.2) is 41.5 Å². The van der Waals surface area contributed by atoms with Gasteiger partial charge < -0.3 is 15.0 Å². The Balaban J connectivity index is 2.01. The molecule has 0 aliphatic carbocycles. The lowest BCUT2D eigenvalue weighted by Crippen LogP contribution is -2.14. The minimum absolute atomic E-state index is 0.153. The second-order valence-electron chi connectivity index (χ2n) is 5.65. The minimum atomic E-state index is -0.153. The van der Waals surface area contributed by atoms with E-state index < -0.39 is 0 Å². The molecule has 0 fully saturated rings. The van der Waals surface area contributed by atoms with E-state index in [0.717, 1.165) is 22.3 Å². The molecule has 2 N–H and O–H groups in total. The quantitative estimate of drug-likeness (QED) is 0.680. The average Bonchev–Trinajstić information content (AvgIpc) is 2.55. The highest BCUT2D eigenvalue weighted by Crippen LogP contribution is 2.20. The Kier molecular flexibility index (Phi) is 4.86. The van der Waals surface area contributed by atoms with Crippen LogP contribution in [0, 0.1) is 6.92 Å². The first kappa shape index (κ1) is 16.1. The Hall–Kier alpha value is -2.73. The monoisotopic (exact) mass is 324 g/mol. The summed E-state index contributed by atoms with van der Waals surface area (Å²) in [5.41, 5.74) is 2.83. The zero-order chi connectivity index (χ0) is 16.9. The van der Waals surface area contributed by atoms with E-state index in [-0.39, 0.29) is 5.56 Å². The Morgan fingerprint density at radius 3 is 2.92 bits per heavy atom. The van der Waals surface area contributed by atoms with E-state index in [2.05, 4.69) is 20.3 Å². The lowest BCUT2D eigenvalue weighted by molar-refractivity contribution is 0.210. The number of fused-ring (bicyclic) bond motifs is 1. The highest BCUT2D eigenvalue weighted by atomic mass is 16.5. The van der Waals surface area contributed by atoms with Crippen LogP contribution in [-0.2, 0) is 11.2 Å². The number of aromatic amines is 1. The molecular weight excluding hydrogens is 304 g/mol. The summed E-state index contributed by atoms with van der Waals surface area (Å²) in [5, 5.41) is 4.61. The molecule has 0 radical (unpaired) electrons. The molecule has 124 valence electrons. The van der Waals surface area contributed by atoms with Crippen molar-refractivity contribution in [1.82, 2.24) is 15.0 Å². The number of anilines is 1. The standard InChI is InChI=1S/C18H20N4O2/c1-12-3-5-19-14(9-12)11-15-10-13-4-6-21-18(23)16(13)17(22-15)20-7-8-24-2/h3-6,9-10H,7-8,11H2,1-2H3,(H,20,22)(H,21,23). The first-order valence-electron chi connectivity index (χ1n) is 7.83. The van der Waals surface area contributed by atoms with Crippen LogP contribution in [0.25, 0.3) is 10.8 Å². The van der Waals surface area contributed by atoms with E-state index >= 15 is 0 Å². The molecule has 3 aromatic rings. The van der Waals surface area contributed by atoms with Crippen molar-refractivity contribution in [2.45, 2.75) is 13.3 Å². The molecule has 0 unspecified atom stereocenters. The molecular formula is C18H20N4O2. The molecule has 0 aromatic carbocycles. The van der Waals surface area contributed by atoms with E-state index in [9.17, 15) is 4.79 Å². The molecule has 0 saturated heterocycles. The van der Waals surface area contributed by atoms with Crippen molar-refractivity contribution in [2.75, 3.05) is 25.6 Å². The lowest BCUT2D eigenvalue weighted by atomic mass is 10.1. The molecule has 3 aromatic heterocycles. The Morgan fingerprint density at radius 2 is 2.12 bits per heavy atom. The van der Waals surface area contributed by atoms with Gasteiger partial charge in [0.15, 0.2) is 0 Å². The van der Waals surface area contributed by atoms with Gasteiger partial charge in [-0.1, -0.05) is 0 Å². The maximum Gasteiger partial charge on any atom is 0.259 e. The maximum atomic E-state index is 12.2. The number of hydrogen-bond donors (Lipinski definition) is 2. The number of nitrogens with one attached hydrogen (secondary N) is 2. The third kappa shape index (κ3) is 3.60. The maximum absolute atomic E-state index is 12.2. The van der Waals surface area contributed by atoms with Crippen molar-refractivity contribution in [2.24, 2.45) is 0 Å². The smallest absolute Gasteiger partial charge is 0.259 e. The number of methoxy groups -OCH3 is 1. The van der Waals surface area contributed by atoms with Crippen LogP contribution in [-0.4, -0.2) is 35.2 Å². The summed E-state index contributed by atoms with van der Waals surface area (Å²) in [5.74, 6) is 0.578. The van der Waals surface area contributed by atoms with Gasteiger partial charge in [-0.05, 0) is 42.1 Å². The van der Waals surface area contributed by atoms with Gasteiger partial charge in [0, 0.05) is 43.9 Å². The van der Waals surface area contributed by atoms with Crippen molar-refractivity contribution < 1.29 is 4.74 Å². The average molecular weight is 324 g/mol. The van der Waals surface area contributed by atoms with Gasteiger partial charge in [-0.25, -0.2) is 4.98 Å². The van der Waals surface area contributed by atoms with Crippen molar-refractivity contribution >= 4 is 16.6 Å². The summed E-state index contributed by atoms with van der Waals surface area (Å²) in [4.78, 5) is 23.9. The van der Waals surface area contributed by atoms with E-state index in [1.165, 1.54) is 0 Å². The van der Waals surface area contributed by atoms with Crippen LogP contribution in [0.3, 0.4) is 0 Å². The number of pyridine rings is 3. The summed E-state index contributed by atoms with van der Waals surface area (Å²) < 4.78 is 5.06. The van der Waals surface area contributed by atoms with E-state index in [0.29, 0.717) is 30.8 Å². The van der Waals surface area contributed by atoms with Crippen LogP contribution >= 0.6 is 0 Å². The summed E-state index contributed by atoms with van der Waals surface area (Å²) in [6, 6.07) is 7.83. The number of aromatic nitrogens is 3. The number of H-pyrrole nitrogens is 1. The van der Waals surface area contributed by atoms with Crippen molar-refractivity contribution in [1.29, 1.82) is 0 Å². The first-order chi connectivity index (χ1) is 11.7. The van der Waals surface area contributed by atoms with Gasteiger partial charge in [-0.15, -0.1) is 0 Å². The van der Waals surface area contributed by atoms with Gasteiger partial charge in [0.05, 0.1) is 12.0 Å². The fourth-order valence-corrected chi connectivity index (χ4v) is 2.64. The molecule has 0 bridgehead atoms. The molecule has 24 heavy (non-hydrogen) atoms. The second-order valence-corrected chi connectivity index (χ2v) is 5.65. The minimum Gasteiger partial charge on any atom is -0.383 e. The molecule has 0 atom stereocenters. The molecule has 0 saturated carbocycles. The second kappa shape index (κ2) is 7.23. The van der Waals surface area contributed by atoms with E-state index in [1.807, 2.05) is 31.2 Å². The Bertz CT molecular complexity index is 905. The molecule has 0 amide bonds. The Morgan fingerprint density at radius 1 is 1.25 bits per heavy atom. The van der Waals surface area contributed by atoms with Crippen LogP contribution < -0.4 is 10.9 Å². The highest BCUT2D eigenvalue weighted by molar-refractivity contribution is 5.91. The number of nitrogens with zero attached hydrogens (tertiary/aromatic N) is 2. The van der Waals surface area contributed by atoms with Crippen LogP contribution in [0.1, 0.15) is 17.0 Å². The molecule has 3 rings (SSSR count). The van der Waals surface area contributed by atoms with E-state index in [1.54, 1.807) is 19.5 Å². The summed E-state index contributed by atoms with van der Waals surface area (Å²) in [6.45, 7) is 3.16. The van der Waals surface area contributed by atoms with Gasteiger partial charge >= 0.3 is 0 Å². The van der Waals surface area contributed by atoms with Gasteiger partial charge in [0.1, 0.15) is 5.82 Å². The third-order valence-corrected chi connectivity index (χ3v) is 3.74. The molecule has 0 aliphatic rings. The van der Waals surface area contributed by atoms with Crippen LogP contribution in [0.5, 0.6) is 0 Å². The highest BCUT2D eigenvalue weighted by Gasteiger charge is 2.10. The predicted octanol–water partition coefficient (Wildman–Crippen LogP) is 2.28. The lowest BCUT2D eigenvalue weighted by Gasteiger charge is -2.11. The van der Waals surface area contributed by atoms with E-state index in [4.69, 9.17) is 4.74 Å². The fourth-order valence-electron chi connectivity index (χ4n) is 2.64. The van der Waals surface area contributed by atoms with Crippen molar-refractivity contribution in [3.8, 4) is 0 Å². The molecule has 3 heterocycles. The van der Waals surface area contributed by atoms with Crippen LogP contribution in [0.2, 0.25) is 0 Å². The predicted molar refractivity (Wildman–Crippen MR) is 94.5 cm³/mol. The fraction of sp³-hybridized carbons (Fsp3) is 0.278. The number of aryl methyl sites for hydroxylation is 1.